The van der Waals surface area contributed by atoms with E-state index in [4.69, 9.17) is 0 Å². The van der Waals surface area contributed by atoms with Crippen molar-refractivity contribution in [2.24, 2.45) is 0 Å². The Labute approximate surface area is 71.5 Å². The van der Waals surface area contributed by atoms with Crippen molar-refractivity contribution in [2.75, 3.05) is 0 Å². The van der Waals surface area contributed by atoms with Gasteiger partial charge in [-0.2, -0.15) is 0 Å². The van der Waals surface area contributed by atoms with Crippen LogP contribution in [0.4, 0.5) is 0 Å². The minimum Gasteiger partial charge on any atom is -0.309 e. The summed E-state index contributed by atoms with van der Waals surface area (Å²) in [5.74, 6) is -0.901. The summed E-state index contributed by atoms with van der Waals surface area (Å²) in [5, 5.41) is 0. The summed E-state index contributed by atoms with van der Waals surface area (Å²) in [6.45, 7) is 0. The van der Waals surface area contributed by atoms with Crippen LogP contribution in [0.15, 0.2) is 4.79 Å². The highest BCUT2D eigenvalue weighted by Crippen LogP contribution is 2.02. The number of nitrogens with one attached hydrogen (secondary N) is 4. The van der Waals surface area contributed by atoms with Crippen molar-refractivity contribution in [1.29, 1.82) is 0 Å². The maximum Gasteiger partial charge on any atom is 0.323 e. The van der Waals surface area contributed by atoms with E-state index in [0.29, 0.717) is 5.69 Å². The molecule has 0 spiro atoms. The summed E-state index contributed by atoms with van der Waals surface area (Å²) in [6, 6.07) is 0. The fraction of sp³-hybridized carbons (Fsp3) is 0.167. The molecule has 68 valence electrons. The molecule has 7 heteroatoms. The fourth-order valence-corrected chi connectivity index (χ4v) is 1.14. The first-order chi connectivity index (χ1) is 6.16. The molecule has 0 atom stereocenters. The summed E-state index contributed by atoms with van der Waals surface area (Å²) in [5.41, 5.74) is 4.21. The van der Waals surface area contributed by atoms with Crippen LogP contribution in [-0.4, -0.2) is 21.8 Å². The largest absolute Gasteiger partial charge is 0.323 e. The standard InChI is InChI=1S/C6H6N4O3/c11-3-1-2-4(5(12)10-9-3)8-6(13)7-2/h1H2,(H,9,11)(H,10,12)(H2,7,8,13). The molecule has 7 nitrogen and oxygen atoms in total. The molecule has 0 fully saturated rings. The van der Waals surface area contributed by atoms with Crippen LogP contribution < -0.4 is 16.5 Å². The predicted molar refractivity (Wildman–Crippen MR) is 40.7 cm³/mol. The smallest absolute Gasteiger partial charge is 0.309 e. The number of amides is 2. The van der Waals surface area contributed by atoms with Crippen LogP contribution in [0.5, 0.6) is 0 Å². The van der Waals surface area contributed by atoms with E-state index in [-0.39, 0.29) is 18.0 Å². The van der Waals surface area contributed by atoms with Gasteiger partial charge in [0.1, 0.15) is 5.69 Å². The number of hydrazine groups is 1. The van der Waals surface area contributed by atoms with Crippen LogP contribution in [0.1, 0.15) is 16.2 Å². The lowest BCUT2D eigenvalue weighted by Gasteiger charge is -1.98. The van der Waals surface area contributed by atoms with Gasteiger partial charge in [-0.25, -0.2) is 4.79 Å². The van der Waals surface area contributed by atoms with Gasteiger partial charge >= 0.3 is 5.69 Å². The average Bonchev–Trinajstić information content (AvgIpc) is 2.37. The highest BCUT2D eigenvalue weighted by atomic mass is 16.2. The zero-order valence-corrected chi connectivity index (χ0v) is 6.43. The SMILES string of the molecule is O=C1Cc2[nH]c(=O)[nH]c2C(=O)NN1. The first-order valence-electron chi connectivity index (χ1n) is 3.57. The maximum atomic E-state index is 11.1. The number of H-pyrrole nitrogens is 2. The van der Waals surface area contributed by atoms with Gasteiger partial charge in [0.05, 0.1) is 12.1 Å². The molecule has 4 N–H and O–H groups in total. The van der Waals surface area contributed by atoms with Gasteiger partial charge in [-0.15, -0.1) is 0 Å². The lowest BCUT2D eigenvalue weighted by Crippen LogP contribution is -2.40. The van der Waals surface area contributed by atoms with Crippen molar-refractivity contribution < 1.29 is 9.59 Å². The van der Waals surface area contributed by atoms with Crippen LogP contribution in [0.2, 0.25) is 0 Å². The number of fused-ring (bicyclic) bond motifs is 1. The Hall–Kier alpha value is -2.05. The van der Waals surface area contributed by atoms with E-state index in [2.05, 4.69) is 20.8 Å². The molecule has 0 aliphatic carbocycles. The van der Waals surface area contributed by atoms with Crippen molar-refractivity contribution >= 4 is 11.8 Å². The highest BCUT2D eigenvalue weighted by Gasteiger charge is 2.21. The molecular weight excluding hydrogens is 176 g/mol. The Morgan fingerprint density at radius 3 is 2.54 bits per heavy atom. The van der Waals surface area contributed by atoms with E-state index in [1.807, 2.05) is 0 Å². The molecule has 1 aromatic rings. The number of aromatic nitrogens is 2. The summed E-state index contributed by atoms with van der Waals surface area (Å²) >= 11 is 0. The monoisotopic (exact) mass is 182 g/mol. The highest BCUT2D eigenvalue weighted by molar-refractivity contribution is 5.97. The van der Waals surface area contributed by atoms with Crippen LogP contribution in [0.25, 0.3) is 0 Å². The molecule has 0 bridgehead atoms. The number of carbonyl (C=O) groups excluding carboxylic acids is 2. The number of aromatic amines is 2. The lowest BCUT2D eigenvalue weighted by molar-refractivity contribution is -0.121. The van der Waals surface area contributed by atoms with Gasteiger partial charge in [0.2, 0.25) is 5.91 Å². The van der Waals surface area contributed by atoms with Crippen LogP contribution in [-0.2, 0) is 11.2 Å². The number of hydrogen-bond acceptors (Lipinski definition) is 3. The molecule has 0 unspecified atom stereocenters. The Morgan fingerprint density at radius 2 is 1.77 bits per heavy atom. The molecule has 1 aromatic heterocycles. The minimum atomic E-state index is -0.529. The molecule has 0 aromatic carbocycles. The average molecular weight is 182 g/mol. The van der Waals surface area contributed by atoms with Crippen LogP contribution >= 0.6 is 0 Å². The van der Waals surface area contributed by atoms with E-state index in [1.165, 1.54) is 0 Å². The quantitative estimate of drug-likeness (QED) is 0.373. The second-order valence-corrected chi connectivity index (χ2v) is 2.61. The Morgan fingerprint density at radius 1 is 1.00 bits per heavy atom. The van der Waals surface area contributed by atoms with Gasteiger partial charge in [0.15, 0.2) is 0 Å². The summed E-state index contributed by atoms with van der Waals surface area (Å²) in [4.78, 5) is 37.5. The number of carbonyl (C=O) groups is 2. The second-order valence-electron chi connectivity index (χ2n) is 2.61. The molecule has 1 aliphatic heterocycles. The molecule has 0 radical (unpaired) electrons. The van der Waals surface area contributed by atoms with Crippen LogP contribution in [0.3, 0.4) is 0 Å². The van der Waals surface area contributed by atoms with Crippen molar-refractivity contribution in [3.05, 3.63) is 21.9 Å². The Kier molecular flexibility index (Phi) is 1.44. The van der Waals surface area contributed by atoms with E-state index in [9.17, 15) is 14.4 Å². The molecule has 2 heterocycles. The van der Waals surface area contributed by atoms with Crippen molar-refractivity contribution in [3.63, 3.8) is 0 Å². The topological polar surface area (TPSA) is 107 Å². The van der Waals surface area contributed by atoms with Gasteiger partial charge in [0, 0.05) is 0 Å². The molecule has 13 heavy (non-hydrogen) atoms. The summed E-state index contributed by atoms with van der Waals surface area (Å²) in [6.07, 6.45) is -0.0210. The van der Waals surface area contributed by atoms with Gasteiger partial charge in [-0.3, -0.25) is 20.4 Å². The molecular formula is C6H6N4O3. The molecule has 2 amide bonds. The van der Waals surface area contributed by atoms with Gasteiger partial charge in [-0.05, 0) is 0 Å². The van der Waals surface area contributed by atoms with E-state index >= 15 is 0 Å². The first-order valence-corrected chi connectivity index (χ1v) is 3.57. The summed E-state index contributed by atoms with van der Waals surface area (Å²) < 4.78 is 0. The van der Waals surface area contributed by atoms with Gasteiger partial charge in [-0.1, -0.05) is 0 Å². The van der Waals surface area contributed by atoms with Crippen molar-refractivity contribution in [1.82, 2.24) is 20.8 Å². The number of imidazole rings is 1. The molecule has 0 saturated heterocycles. The number of hydrogen-bond donors (Lipinski definition) is 4. The van der Waals surface area contributed by atoms with Crippen molar-refractivity contribution in [3.8, 4) is 0 Å². The third-order valence-electron chi connectivity index (χ3n) is 1.68. The molecule has 1 aliphatic rings. The zero-order chi connectivity index (χ0) is 9.42. The predicted octanol–water partition coefficient (Wildman–Crippen LogP) is -1.98. The Balaban J connectivity index is 2.54. The molecule has 0 saturated carbocycles. The normalized spacial score (nSPS) is 15.7. The third kappa shape index (κ3) is 1.19. The maximum absolute atomic E-state index is 11.1. The van der Waals surface area contributed by atoms with Crippen molar-refractivity contribution in [2.45, 2.75) is 6.42 Å². The van der Waals surface area contributed by atoms with Gasteiger partial charge < -0.3 is 9.97 Å². The number of rotatable bonds is 0. The third-order valence-corrected chi connectivity index (χ3v) is 1.68. The van der Waals surface area contributed by atoms with E-state index < -0.39 is 11.6 Å². The second kappa shape index (κ2) is 2.47. The Bertz CT molecular complexity index is 429. The van der Waals surface area contributed by atoms with E-state index in [0.717, 1.165) is 0 Å². The fourth-order valence-electron chi connectivity index (χ4n) is 1.14. The van der Waals surface area contributed by atoms with Crippen LogP contribution in [0, 0.1) is 0 Å². The van der Waals surface area contributed by atoms with E-state index in [1.54, 1.807) is 0 Å². The first kappa shape index (κ1) is 7.59. The summed E-state index contributed by atoms with van der Waals surface area (Å²) in [7, 11) is 0. The minimum absolute atomic E-state index is 0.0210. The van der Waals surface area contributed by atoms with Gasteiger partial charge in [0.25, 0.3) is 5.91 Å². The molecule has 2 rings (SSSR count). The zero-order valence-electron chi connectivity index (χ0n) is 6.43. The lowest BCUT2D eigenvalue weighted by atomic mass is 10.2.